The van der Waals surface area contributed by atoms with Crippen molar-refractivity contribution in [2.24, 2.45) is 12.0 Å². The summed E-state index contributed by atoms with van der Waals surface area (Å²) in [7, 11) is 7.10. The molecule has 0 amide bonds. The van der Waals surface area contributed by atoms with Crippen molar-refractivity contribution >= 4 is 29.9 Å². The average molecular weight is 529 g/mol. The summed E-state index contributed by atoms with van der Waals surface area (Å²) in [6, 6.07) is 6.36. The van der Waals surface area contributed by atoms with Gasteiger partial charge in [-0.25, -0.2) is 0 Å². The molecule has 0 saturated carbocycles. The molecule has 2 heterocycles. The molecule has 0 spiro atoms. The number of hydrogen-bond donors (Lipinski definition) is 2. The van der Waals surface area contributed by atoms with Crippen molar-refractivity contribution in [2.45, 2.75) is 32.5 Å². The first kappa shape index (κ1) is 24.2. The van der Waals surface area contributed by atoms with Crippen LogP contribution >= 0.6 is 24.0 Å². The molecule has 2 N–H and O–H groups in total. The Morgan fingerprint density at radius 3 is 2.47 bits per heavy atom. The number of likely N-dealkylation sites (tertiary alicyclic amines) is 1. The summed E-state index contributed by atoms with van der Waals surface area (Å²) in [6.45, 7) is 5.35. The Bertz CT molecular complexity index is 833. The van der Waals surface area contributed by atoms with E-state index in [0.29, 0.717) is 12.6 Å². The number of aromatic nitrogens is 3. The van der Waals surface area contributed by atoms with Gasteiger partial charge < -0.3 is 24.7 Å². The van der Waals surface area contributed by atoms with Crippen LogP contribution in [0.2, 0.25) is 0 Å². The number of aliphatic imine (C=N–C) groups is 1. The van der Waals surface area contributed by atoms with Crippen LogP contribution < -0.4 is 20.1 Å². The van der Waals surface area contributed by atoms with E-state index in [0.717, 1.165) is 55.2 Å². The van der Waals surface area contributed by atoms with E-state index in [2.05, 4.69) is 42.9 Å². The normalized spacial score (nSPS) is 16.8. The summed E-state index contributed by atoms with van der Waals surface area (Å²) in [6.07, 6.45) is 1.06. The molecule has 0 radical (unpaired) electrons. The third-order valence-electron chi connectivity index (χ3n) is 5.25. The molecule has 1 fully saturated rings. The van der Waals surface area contributed by atoms with Crippen LogP contribution in [0.5, 0.6) is 11.5 Å². The van der Waals surface area contributed by atoms with Crippen LogP contribution in [0.3, 0.4) is 0 Å². The van der Waals surface area contributed by atoms with Crippen molar-refractivity contribution in [2.75, 3.05) is 34.4 Å². The maximum atomic E-state index is 5.38. The molecule has 0 aliphatic carbocycles. The third-order valence-corrected chi connectivity index (χ3v) is 5.25. The van der Waals surface area contributed by atoms with E-state index in [1.165, 1.54) is 5.56 Å². The zero-order chi connectivity index (χ0) is 20.8. The van der Waals surface area contributed by atoms with Gasteiger partial charge in [-0.2, -0.15) is 0 Å². The summed E-state index contributed by atoms with van der Waals surface area (Å²) < 4.78 is 12.7. The van der Waals surface area contributed by atoms with E-state index < -0.39 is 0 Å². The summed E-state index contributed by atoms with van der Waals surface area (Å²) >= 11 is 0. The fraction of sp³-hybridized carbons (Fsp3) is 0.550. The van der Waals surface area contributed by atoms with E-state index in [4.69, 9.17) is 9.47 Å². The number of rotatable bonds is 7. The molecule has 1 aliphatic heterocycles. The predicted molar refractivity (Wildman–Crippen MR) is 128 cm³/mol. The van der Waals surface area contributed by atoms with Crippen LogP contribution in [0.15, 0.2) is 23.2 Å². The zero-order valence-electron chi connectivity index (χ0n) is 18.3. The summed E-state index contributed by atoms with van der Waals surface area (Å²) in [5.74, 6) is 4.19. The number of guanidine groups is 1. The Kier molecular flexibility index (Phi) is 9.15. The predicted octanol–water partition coefficient (Wildman–Crippen LogP) is 1.70. The molecule has 30 heavy (non-hydrogen) atoms. The highest BCUT2D eigenvalue weighted by atomic mass is 127. The van der Waals surface area contributed by atoms with Gasteiger partial charge in [-0.3, -0.25) is 9.89 Å². The monoisotopic (exact) mass is 529 g/mol. The second-order valence-corrected chi connectivity index (χ2v) is 7.23. The first-order valence-electron chi connectivity index (χ1n) is 9.78. The number of ether oxygens (including phenoxy) is 2. The summed E-state index contributed by atoms with van der Waals surface area (Å²) in [4.78, 5) is 6.76. The molecular formula is C20H32IN7O2. The second-order valence-electron chi connectivity index (χ2n) is 7.23. The minimum absolute atomic E-state index is 0. The maximum Gasteiger partial charge on any atom is 0.191 e. The molecule has 0 bridgehead atoms. The molecule has 166 valence electrons. The van der Waals surface area contributed by atoms with Gasteiger partial charge >= 0.3 is 0 Å². The fourth-order valence-electron chi connectivity index (χ4n) is 3.47. The first-order chi connectivity index (χ1) is 14.0. The first-order valence-corrected chi connectivity index (χ1v) is 9.78. The number of aryl methyl sites for hydroxylation is 1. The minimum atomic E-state index is 0. The van der Waals surface area contributed by atoms with Crippen molar-refractivity contribution in [3.05, 3.63) is 35.4 Å². The summed E-state index contributed by atoms with van der Waals surface area (Å²) in [5.41, 5.74) is 1.18. The van der Waals surface area contributed by atoms with E-state index in [1.807, 2.05) is 24.6 Å². The van der Waals surface area contributed by atoms with Gasteiger partial charge in [0.05, 0.1) is 20.8 Å². The van der Waals surface area contributed by atoms with Crippen LogP contribution in [0, 0.1) is 6.92 Å². The van der Waals surface area contributed by atoms with Crippen molar-refractivity contribution in [3.63, 3.8) is 0 Å². The molecule has 1 aromatic heterocycles. The van der Waals surface area contributed by atoms with Gasteiger partial charge in [-0.05, 0) is 31.0 Å². The molecule has 1 aromatic carbocycles. The zero-order valence-corrected chi connectivity index (χ0v) is 20.6. The SMILES string of the molecule is CN=C(NCc1nnc(C)n1C)NC1CCN(Cc2cc(OC)cc(OC)c2)C1.I. The van der Waals surface area contributed by atoms with Crippen molar-refractivity contribution in [1.29, 1.82) is 0 Å². The number of nitrogens with one attached hydrogen (secondary N) is 2. The third kappa shape index (κ3) is 6.21. The molecule has 1 aliphatic rings. The van der Waals surface area contributed by atoms with Crippen molar-refractivity contribution in [1.82, 2.24) is 30.3 Å². The molecule has 9 nitrogen and oxygen atoms in total. The molecule has 2 aromatic rings. The number of halogens is 1. The Hall–Kier alpha value is -2.08. The standard InChI is InChI=1S/C20H31N7O2.HI/c1-14-24-25-19(26(14)3)11-22-20(21-2)23-16-6-7-27(13-16)12-15-8-17(28-4)10-18(9-15)29-5;/h8-10,16H,6-7,11-13H2,1-5H3,(H2,21,22,23);1H. The summed E-state index contributed by atoms with van der Waals surface area (Å²) in [5, 5.41) is 15.1. The molecule has 1 unspecified atom stereocenters. The number of benzene rings is 1. The fourth-order valence-corrected chi connectivity index (χ4v) is 3.47. The molecule has 10 heteroatoms. The quantitative estimate of drug-likeness (QED) is 0.321. The van der Waals surface area contributed by atoms with Crippen LogP contribution in [0.1, 0.15) is 23.6 Å². The molecule has 1 saturated heterocycles. The highest BCUT2D eigenvalue weighted by Gasteiger charge is 2.23. The van der Waals surface area contributed by atoms with Gasteiger partial charge in [0.25, 0.3) is 0 Å². The molecule has 3 rings (SSSR count). The Labute approximate surface area is 195 Å². The van der Waals surface area contributed by atoms with Gasteiger partial charge in [0.15, 0.2) is 11.8 Å². The Morgan fingerprint density at radius 2 is 1.90 bits per heavy atom. The molecule has 1 atom stereocenters. The number of methoxy groups -OCH3 is 2. The van der Waals surface area contributed by atoms with Gasteiger partial charge in [0.2, 0.25) is 0 Å². The van der Waals surface area contributed by atoms with E-state index in [-0.39, 0.29) is 24.0 Å². The van der Waals surface area contributed by atoms with E-state index in [9.17, 15) is 0 Å². The van der Waals surface area contributed by atoms with Crippen molar-refractivity contribution < 1.29 is 9.47 Å². The number of hydrogen-bond acceptors (Lipinski definition) is 6. The smallest absolute Gasteiger partial charge is 0.191 e. The maximum absolute atomic E-state index is 5.38. The van der Waals surface area contributed by atoms with Crippen LogP contribution in [-0.2, 0) is 20.1 Å². The second kappa shape index (κ2) is 11.3. The van der Waals surface area contributed by atoms with Gasteiger partial charge in [0.1, 0.15) is 17.3 Å². The average Bonchev–Trinajstić information content (AvgIpc) is 3.31. The largest absolute Gasteiger partial charge is 0.497 e. The van der Waals surface area contributed by atoms with E-state index >= 15 is 0 Å². The van der Waals surface area contributed by atoms with Gasteiger partial charge in [0, 0.05) is 45.8 Å². The van der Waals surface area contributed by atoms with Crippen molar-refractivity contribution in [3.8, 4) is 11.5 Å². The van der Waals surface area contributed by atoms with Crippen LogP contribution in [0.25, 0.3) is 0 Å². The molecular weight excluding hydrogens is 497 g/mol. The minimum Gasteiger partial charge on any atom is -0.497 e. The number of nitrogens with zero attached hydrogens (tertiary/aromatic N) is 5. The van der Waals surface area contributed by atoms with Crippen LogP contribution in [-0.4, -0.2) is 66.0 Å². The lowest BCUT2D eigenvalue weighted by molar-refractivity contribution is 0.321. The van der Waals surface area contributed by atoms with Crippen LogP contribution in [0.4, 0.5) is 0 Å². The highest BCUT2D eigenvalue weighted by molar-refractivity contribution is 14.0. The van der Waals surface area contributed by atoms with E-state index in [1.54, 1.807) is 21.3 Å². The van der Waals surface area contributed by atoms with Gasteiger partial charge in [-0.15, -0.1) is 34.2 Å². The lowest BCUT2D eigenvalue weighted by Crippen LogP contribution is -2.44. The lowest BCUT2D eigenvalue weighted by Gasteiger charge is -2.19. The lowest BCUT2D eigenvalue weighted by atomic mass is 10.2. The topological polar surface area (TPSA) is 88.8 Å². The Morgan fingerprint density at radius 1 is 1.20 bits per heavy atom. The van der Waals surface area contributed by atoms with Gasteiger partial charge in [-0.1, -0.05) is 0 Å². The Balaban J connectivity index is 0.00000320. The highest BCUT2D eigenvalue weighted by Crippen LogP contribution is 2.24.